The van der Waals surface area contributed by atoms with Crippen LogP contribution in [0.3, 0.4) is 0 Å². The van der Waals surface area contributed by atoms with Crippen molar-refractivity contribution in [1.82, 2.24) is 5.32 Å². The second kappa shape index (κ2) is 82.8. The Kier molecular flexibility index (Phi) is 81.3. The van der Waals surface area contributed by atoms with Crippen LogP contribution in [0.2, 0.25) is 0 Å². The fourth-order valence-corrected chi connectivity index (χ4v) is 14.0. The molecule has 0 rings (SSSR count). The van der Waals surface area contributed by atoms with E-state index < -0.39 is 12.1 Å². The monoisotopic (exact) mass is 1310 g/mol. The average Bonchev–Trinajstić information content (AvgIpc) is 3.78. The van der Waals surface area contributed by atoms with Crippen LogP contribution in [0.4, 0.5) is 0 Å². The molecule has 0 aliphatic rings. The maximum Gasteiger partial charge on any atom is 0.305 e. The van der Waals surface area contributed by atoms with Crippen molar-refractivity contribution in [3.63, 3.8) is 0 Å². The predicted octanol–water partition coefficient (Wildman–Crippen LogP) is 28.8. The molecule has 2 atom stereocenters. The van der Waals surface area contributed by atoms with E-state index in [2.05, 4.69) is 43.5 Å². The number of allylic oxidation sites excluding steroid dienone is 4. The van der Waals surface area contributed by atoms with Gasteiger partial charge in [-0.15, -0.1) is 0 Å². The average molecular weight is 1310 g/mol. The van der Waals surface area contributed by atoms with Crippen LogP contribution in [0, 0.1) is 0 Å². The highest BCUT2D eigenvalue weighted by atomic mass is 16.5. The third-order valence-electron chi connectivity index (χ3n) is 20.5. The number of amides is 1. The van der Waals surface area contributed by atoms with Crippen molar-refractivity contribution in [3.8, 4) is 0 Å². The molecule has 2 unspecified atom stereocenters. The summed E-state index contributed by atoms with van der Waals surface area (Å²) in [7, 11) is 0. The molecule has 0 aromatic rings. The van der Waals surface area contributed by atoms with Crippen molar-refractivity contribution in [3.05, 3.63) is 24.3 Å². The summed E-state index contributed by atoms with van der Waals surface area (Å²) < 4.78 is 5.51. The summed E-state index contributed by atoms with van der Waals surface area (Å²) in [5.41, 5.74) is 0. The van der Waals surface area contributed by atoms with Crippen molar-refractivity contribution in [2.45, 2.75) is 508 Å². The number of aliphatic hydroxyl groups is 2. The van der Waals surface area contributed by atoms with E-state index in [1.165, 1.54) is 417 Å². The lowest BCUT2D eigenvalue weighted by Crippen LogP contribution is -2.45. The Labute approximate surface area is 583 Å². The molecule has 552 valence electrons. The van der Waals surface area contributed by atoms with Gasteiger partial charge in [-0.25, -0.2) is 0 Å². The van der Waals surface area contributed by atoms with Crippen molar-refractivity contribution < 1.29 is 24.5 Å². The molecular formula is C87H169NO5. The highest BCUT2D eigenvalue weighted by molar-refractivity contribution is 5.76. The molecule has 0 heterocycles. The van der Waals surface area contributed by atoms with Gasteiger partial charge >= 0.3 is 5.97 Å². The molecule has 1 amide bonds. The van der Waals surface area contributed by atoms with Crippen molar-refractivity contribution in [2.75, 3.05) is 13.2 Å². The molecule has 0 aromatic carbocycles. The molecule has 6 nitrogen and oxygen atoms in total. The lowest BCUT2D eigenvalue weighted by molar-refractivity contribution is -0.143. The molecule has 0 saturated carbocycles. The zero-order chi connectivity index (χ0) is 67.0. The first-order valence-electron chi connectivity index (χ1n) is 43.1. The molecule has 0 aromatic heterocycles. The second-order valence-corrected chi connectivity index (χ2v) is 29.9. The summed E-state index contributed by atoms with van der Waals surface area (Å²) in [5, 5.41) is 23.5. The van der Waals surface area contributed by atoms with Gasteiger partial charge in [-0.3, -0.25) is 9.59 Å². The predicted molar refractivity (Wildman–Crippen MR) is 412 cm³/mol. The molecule has 6 heteroatoms. The smallest absolute Gasteiger partial charge is 0.305 e. The number of carbonyl (C=O) groups is 2. The number of carbonyl (C=O) groups excluding carboxylic acids is 2. The summed E-state index contributed by atoms with van der Waals surface area (Å²) in [6, 6.07) is -0.541. The number of hydrogen-bond donors (Lipinski definition) is 3. The van der Waals surface area contributed by atoms with Gasteiger partial charge in [0.05, 0.1) is 25.4 Å². The Bertz CT molecular complexity index is 1460. The van der Waals surface area contributed by atoms with E-state index in [4.69, 9.17) is 4.74 Å². The molecule has 0 aliphatic heterocycles. The minimum atomic E-state index is -0.664. The van der Waals surface area contributed by atoms with Crippen LogP contribution >= 0.6 is 0 Å². The van der Waals surface area contributed by atoms with Gasteiger partial charge in [-0.1, -0.05) is 449 Å². The number of rotatable bonds is 82. The molecule has 0 spiro atoms. The maximum atomic E-state index is 12.6. The summed E-state index contributed by atoms with van der Waals surface area (Å²) >= 11 is 0. The van der Waals surface area contributed by atoms with E-state index in [9.17, 15) is 19.8 Å². The quantitative estimate of drug-likeness (QED) is 0.0320. The fraction of sp³-hybridized carbons (Fsp3) is 0.931. The lowest BCUT2D eigenvalue weighted by atomic mass is 10.0. The molecule has 0 fully saturated rings. The molecule has 0 aliphatic carbocycles. The zero-order valence-corrected chi connectivity index (χ0v) is 63.5. The first-order chi connectivity index (χ1) is 46.0. The van der Waals surface area contributed by atoms with Crippen molar-refractivity contribution >= 4 is 11.9 Å². The fourth-order valence-electron chi connectivity index (χ4n) is 14.0. The van der Waals surface area contributed by atoms with Gasteiger partial charge < -0.3 is 20.3 Å². The Balaban J connectivity index is 3.36. The molecule has 0 saturated heterocycles. The van der Waals surface area contributed by atoms with Gasteiger partial charge in [-0.05, 0) is 57.8 Å². The number of ether oxygens (including phenoxy) is 1. The SMILES string of the molecule is CCCCCCCCCCCCCCCCCCCCCCCCCCC(O)C(CO)NC(=O)CCCCCCCCCCCCCCCCCCC/C=C\C/C=C\CCCCCCCCCCCCCOC(=O)CCCCCCCCCCCCCCCCCCC. The van der Waals surface area contributed by atoms with Gasteiger partial charge in [0.25, 0.3) is 0 Å². The van der Waals surface area contributed by atoms with Crippen LogP contribution in [-0.4, -0.2) is 47.4 Å². The van der Waals surface area contributed by atoms with Crippen LogP contribution < -0.4 is 5.32 Å². The Morgan fingerprint density at radius 2 is 0.538 bits per heavy atom. The second-order valence-electron chi connectivity index (χ2n) is 29.9. The largest absolute Gasteiger partial charge is 0.466 e. The van der Waals surface area contributed by atoms with Crippen LogP contribution in [0.15, 0.2) is 24.3 Å². The highest BCUT2D eigenvalue weighted by Crippen LogP contribution is 2.21. The molecule has 3 N–H and O–H groups in total. The molecule has 0 bridgehead atoms. The van der Waals surface area contributed by atoms with Crippen LogP contribution in [0.1, 0.15) is 495 Å². The number of aliphatic hydroxyl groups excluding tert-OH is 2. The van der Waals surface area contributed by atoms with Gasteiger partial charge in [-0.2, -0.15) is 0 Å². The summed E-state index contributed by atoms with van der Waals surface area (Å²) in [6.07, 6.45) is 107. The molecule has 93 heavy (non-hydrogen) atoms. The van der Waals surface area contributed by atoms with E-state index >= 15 is 0 Å². The van der Waals surface area contributed by atoms with Gasteiger partial charge in [0, 0.05) is 12.8 Å². The third-order valence-corrected chi connectivity index (χ3v) is 20.5. The summed E-state index contributed by atoms with van der Waals surface area (Å²) in [5.74, 6) is -0.00436. The van der Waals surface area contributed by atoms with Gasteiger partial charge in [0.15, 0.2) is 0 Å². The molecule has 0 radical (unpaired) electrons. The third kappa shape index (κ3) is 79.2. The van der Waals surface area contributed by atoms with E-state index in [0.29, 0.717) is 25.9 Å². The van der Waals surface area contributed by atoms with Crippen LogP contribution in [-0.2, 0) is 14.3 Å². The first-order valence-corrected chi connectivity index (χ1v) is 43.1. The van der Waals surface area contributed by atoms with Gasteiger partial charge in [0.1, 0.15) is 0 Å². The number of unbranched alkanes of at least 4 members (excludes halogenated alkanes) is 67. The van der Waals surface area contributed by atoms with E-state index in [0.717, 1.165) is 44.9 Å². The van der Waals surface area contributed by atoms with Gasteiger partial charge in [0.2, 0.25) is 5.91 Å². The summed E-state index contributed by atoms with van der Waals surface area (Å²) in [6.45, 7) is 5.02. The lowest BCUT2D eigenvalue weighted by Gasteiger charge is -2.22. The van der Waals surface area contributed by atoms with Crippen molar-refractivity contribution in [1.29, 1.82) is 0 Å². The first kappa shape index (κ1) is 91.3. The Hall–Kier alpha value is -1.66. The van der Waals surface area contributed by atoms with Crippen molar-refractivity contribution in [2.24, 2.45) is 0 Å². The van der Waals surface area contributed by atoms with Crippen LogP contribution in [0.25, 0.3) is 0 Å². The van der Waals surface area contributed by atoms with Crippen LogP contribution in [0.5, 0.6) is 0 Å². The highest BCUT2D eigenvalue weighted by Gasteiger charge is 2.20. The maximum absolute atomic E-state index is 12.6. The number of hydrogen-bond acceptors (Lipinski definition) is 5. The standard InChI is InChI=1S/C87H169NO5/c1-3-5-7-9-11-13-15-17-19-21-22-23-24-38-41-44-48-51-55-59-63-67-71-75-79-85(90)84(83-89)88-86(91)80-76-72-68-64-60-56-52-49-45-42-39-36-34-32-30-28-26-25-27-29-31-33-35-37-40-43-46-50-54-58-62-66-70-74-78-82-93-87(92)81-77-73-69-65-61-57-53-47-20-18-16-14-12-10-8-6-4-2/h27,29,33,35,84-85,89-90H,3-26,28,30-32,34,36-83H2,1-2H3,(H,88,91)/b29-27-,35-33-. The van der Waals surface area contributed by atoms with E-state index in [-0.39, 0.29) is 18.5 Å². The minimum Gasteiger partial charge on any atom is -0.466 e. The topological polar surface area (TPSA) is 95.9 Å². The minimum absolute atomic E-state index is 0.0220. The van der Waals surface area contributed by atoms with E-state index in [1.807, 2.05) is 0 Å². The normalized spacial score (nSPS) is 12.5. The zero-order valence-electron chi connectivity index (χ0n) is 63.5. The number of nitrogens with one attached hydrogen (secondary N) is 1. The number of esters is 1. The Morgan fingerprint density at radius 3 is 0.817 bits per heavy atom. The Morgan fingerprint density at radius 1 is 0.301 bits per heavy atom. The van der Waals surface area contributed by atoms with E-state index in [1.54, 1.807) is 0 Å². The molecular weight excluding hydrogens is 1140 g/mol. The summed E-state index contributed by atoms with van der Waals surface area (Å²) in [4.78, 5) is 24.7.